The Kier molecular flexibility index (Phi) is 12.4. The van der Waals surface area contributed by atoms with Crippen molar-refractivity contribution in [3.8, 4) is 0 Å². The Morgan fingerprint density at radius 2 is 0.532 bits per heavy atom. The van der Waals surface area contributed by atoms with Crippen LogP contribution in [0, 0.1) is 0 Å². The molecule has 0 N–H and O–H groups in total. The van der Waals surface area contributed by atoms with Crippen LogP contribution in [0.15, 0.2) is 166 Å². The minimum atomic E-state index is 0.107. The van der Waals surface area contributed by atoms with E-state index in [0.717, 1.165) is 120 Å². The van der Waals surface area contributed by atoms with Crippen LogP contribution < -0.4 is 9.80 Å². The third kappa shape index (κ3) is 9.45. The number of benzene rings is 6. The fourth-order valence-corrected chi connectivity index (χ4v) is 8.74. The molecule has 7 heterocycles. The molecule has 0 radical (unpaired) electrons. The second-order valence-electron chi connectivity index (χ2n) is 16.4. The molecule has 9 aliphatic rings. The highest BCUT2D eigenvalue weighted by atomic mass is 16.1. The molecule has 0 saturated heterocycles. The fourth-order valence-electron chi connectivity index (χ4n) is 8.74. The summed E-state index contributed by atoms with van der Waals surface area (Å²) < 4.78 is 0. The Morgan fingerprint density at radius 1 is 0.323 bits per heavy atom. The van der Waals surface area contributed by atoms with Crippen LogP contribution >= 0.6 is 0 Å². The van der Waals surface area contributed by atoms with Crippen LogP contribution in [0.3, 0.4) is 0 Å². The van der Waals surface area contributed by atoms with Crippen molar-refractivity contribution < 1.29 is 9.59 Å². The predicted molar refractivity (Wildman–Crippen MR) is 255 cm³/mol. The summed E-state index contributed by atoms with van der Waals surface area (Å²) in [5.74, 6) is 0. The summed E-state index contributed by atoms with van der Waals surface area (Å²) in [5.41, 5.74) is 11.3. The highest BCUT2D eigenvalue weighted by Crippen LogP contribution is 2.37. The molecule has 62 heavy (non-hydrogen) atoms. The molecule has 2 fully saturated rings. The summed E-state index contributed by atoms with van der Waals surface area (Å²) in [6.07, 6.45) is 18.3. The molecule has 15 rings (SSSR count). The first kappa shape index (κ1) is 40.4. The van der Waals surface area contributed by atoms with Crippen molar-refractivity contribution in [3.63, 3.8) is 0 Å². The Hall–Kier alpha value is -7.06. The number of aldehydes is 2. The molecule has 7 aliphatic heterocycles. The topological polar surface area (TPSA) is 90.1 Å². The first-order chi connectivity index (χ1) is 30.6. The predicted octanol–water partition coefficient (Wildman–Crippen LogP) is 12.3. The van der Waals surface area contributed by atoms with E-state index in [4.69, 9.17) is 20.0 Å². The van der Waals surface area contributed by atoms with E-state index < -0.39 is 0 Å². The van der Waals surface area contributed by atoms with Gasteiger partial charge in [-0.3, -0.25) is 29.6 Å². The highest BCUT2D eigenvalue weighted by molar-refractivity contribution is 5.87. The van der Waals surface area contributed by atoms with Crippen molar-refractivity contribution in [2.45, 2.75) is 75.5 Å². The number of carbonyl (C=O) groups excluding carboxylic acids is 2. The zero-order valence-corrected chi connectivity index (χ0v) is 34.8. The molecule has 0 spiro atoms. The molecule has 0 amide bonds. The normalized spacial score (nSPS) is 20.2. The van der Waals surface area contributed by atoms with Crippen LogP contribution in [-0.2, 0) is 0 Å². The van der Waals surface area contributed by atoms with Gasteiger partial charge in [-0.2, -0.15) is 0 Å². The zero-order valence-electron chi connectivity index (χ0n) is 34.8. The monoisotopic (exact) mass is 814 g/mol. The first-order valence-corrected chi connectivity index (χ1v) is 21.8. The fraction of sp³-hybridized carbons (Fsp3) is 0.222. The van der Waals surface area contributed by atoms with E-state index in [1.807, 2.05) is 73.4 Å². The van der Waals surface area contributed by atoms with Crippen LogP contribution in [0.5, 0.6) is 0 Å². The average Bonchev–Trinajstić information content (AvgIpc) is 3.34. The molecule has 0 unspecified atom stereocenters. The van der Waals surface area contributed by atoms with Gasteiger partial charge in [0.1, 0.15) is 12.6 Å². The summed E-state index contributed by atoms with van der Waals surface area (Å²) in [4.78, 5) is 47.9. The third-order valence-corrected chi connectivity index (χ3v) is 12.2. The Labute approximate surface area is 364 Å². The van der Waals surface area contributed by atoms with E-state index in [-0.39, 0.29) is 24.2 Å². The molecule has 6 aromatic carbocycles. The summed E-state index contributed by atoms with van der Waals surface area (Å²) in [6, 6.07) is 49.8. The molecule has 2 saturated carbocycles. The minimum Gasteiger partial charge on any atom is -0.311 e. The highest BCUT2D eigenvalue weighted by Gasteiger charge is 2.25. The number of carbonyl (C=O) groups is 2. The van der Waals surface area contributed by atoms with Crippen molar-refractivity contribution in [1.82, 2.24) is 0 Å². The molecule has 4 atom stereocenters. The largest absolute Gasteiger partial charge is 0.311 e. The summed E-state index contributed by atoms with van der Waals surface area (Å²) >= 11 is 0. The van der Waals surface area contributed by atoms with Gasteiger partial charge in [0.25, 0.3) is 0 Å². The van der Waals surface area contributed by atoms with Crippen LogP contribution in [0.4, 0.5) is 34.1 Å². The number of hydrogen-bond donors (Lipinski definition) is 0. The van der Waals surface area contributed by atoms with E-state index >= 15 is 0 Å². The van der Waals surface area contributed by atoms with Gasteiger partial charge < -0.3 is 9.80 Å². The van der Waals surface area contributed by atoms with E-state index in [9.17, 15) is 9.59 Å². The van der Waals surface area contributed by atoms with Gasteiger partial charge in [0.2, 0.25) is 0 Å². The van der Waals surface area contributed by atoms with Crippen LogP contribution in [0.1, 0.15) is 94.3 Å². The van der Waals surface area contributed by atoms with Crippen molar-refractivity contribution in [1.29, 1.82) is 0 Å². The second kappa shape index (κ2) is 19.1. The van der Waals surface area contributed by atoms with E-state index in [1.165, 1.54) is 0 Å². The summed E-state index contributed by atoms with van der Waals surface area (Å²) in [7, 11) is 0. The second-order valence-corrected chi connectivity index (χ2v) is 16.4. The van der Waals surface area contributed by atoms with E-state index in [2.05, 4.69) is 107 Å². The lowest BCUT2D eigenvalue weighted by Gasteiger charge is -2.27. The third-order valence-electron chi connectivity index (χ3n) is 12.2. The number of anilines is 6. The number of hydrogen-bond acceptors (Lipinski definition) is 8. The zero-order chi connectivity index (χ0) is 42.1. The smallest absolute Gasteiger partial charge is 0.150 e. The van der Waals surface area contributed by atoms with E-state index in [1.54, 1.807) is 0 Å². The maximum atomic E-state index is 11.5. The average molecular weight is 815 g/mol. The standard InChI is InChI=1S/C54H50N6O2/c61-37-43-17-29-49(30-18-43)59-45-21-9-39(10-22-45)33-55-51-5-1-2-6-52(51)56-34-40-11-23-46(24-12-40)60(50-31-19-44(38-62)20-32-50)48-27-15-42(16-28-48)36-58-54-8-4-3-7-53(54)57-35-41-13-25-47(59)26-14-41/h9-38,51-54H,1-8H2/t51-,52-,53-,54-/m1/s1. The van der Waals surface area contributed by atoms with Gasteiger partial charge in [0, 0.05) is 70.1 Å². The lowest BCUT2D eigenvalue weighted by molar-refractivity contribution is 0.111. The summed E-state index contributed by atoms with van der Waals surface area (Å²) in [6.45, 7) is 0. The molecular formula is C54H50N6O2. The number of rotatable bonds is 4. The van der Waals surface area contributed by atoms with Gasteiger partial charge in [-0.1, -0.05) is 74.2 Å². The van der Waals surface area contributed by atoms with Crippen molar-refractivity contribution in [3.05, 3.63) is 179 Å². The lowest BCUT2D eigenvalue weighted by Crippen LogP contribution is -2.27. The number of aliphatic imine (C=N–C) groups is 4. The minimum absolute atomic E-state index is 0.107. The van der Waals surface area contributed by atoms with Gasteiger partial charge in [0.05, 0.1) is 24.2 Å². The van der Waals surface area contributed by atoms with Crippen molar-refractivity contribution in [2.24, 2.45) is 20.0 Å². The van der Waals surface area contributed by atoms with E-state index in [0.29, 0.717) is 11.1 Å². The maximum Gasteiger partial charge on any atom is 0.150 e. The Morgan fingerprint density at radius 3 is 0.742 bits per heavy atom. The number of nitrogens with zero attached hydrogens (tertiary/aromatic N) is 6. The van der Waals surface area contributed by atoms with Crippen molar-refractivity contribution >= 4 is 71.6 Å². The maximum absolute atomic E-state index is 11.5. The van der Waals surface area contributed by atoms with Gasteiger partial charge in [-0.15, -0.1) is 0 Å². The molecule has 0 aromatic heterocycles. The Bertz CT molecular complexity index is 2250. The van der Waals surface area contributed by atoms with Gasteiger partial charge in [0.15, 0.2) is 0 Å². The molecule has 8 bridgehead atoms. The lowest BCUT2D eigenvalue weighted by atomic mass is 9.91. The van der Waals surface area contributed by atoms with Crippen LogP contribution in [0.25, 0.3) is 0 Å². The molecule has 2 aliphatic carbocycles. The van der Waals surface area contributed by atoms with Crippen molar-refractivity contribution in [2.75, 3.05) is 9.80 Å². The quantitative estimate of drug-likeness (QED) is 0.166. The van der Waals surface area contributed by atoms with Crippen LogP contribution in [0.2, 0.25) is 0 Å². The summed E-state index contributed by atoms with van der Waals surface area (Å²) in [5, 5.41) is 0. The molecular weight excluding hydrogens is 765 g/mol. The van der Waals surface area contributed by atoms with Gasteiger partial charge in [-0.25, -0.2) is 0 Å². The molecule has 308 valence electrons. The SMILES string of the molecule is O=Cc1ccc(N2c3ccc(cc3)C=N[C@@H]3CCCC[C@H]3N=Cc3ccc(cc3)N(c3ccc(C=O)cc3)c3ccc(cc3)C=N[C@@H]3CCCC[C@H]3N=Cc3ccc2cc3)cc1. The van der Waals surface area contributed by atoms with Crippen LogP contribution in [-0.4, -0.2) is 61.6 Å². The van der Waals surface area contributed by atoms with Gasteiger partial charge >= 0.3 is 0 Å². The molecule has 8 heteroatoms. The Balaban J connectivity index is 1.07. The molecule has 6 aromatic rings. The first-order valence-electron chi connectivity index (χ1n) is 21.8. The van der Waals surface area contributed by atoms with Gasteiger partial charge in [-0.05, 0) is 145 Å². The molecule has 8 nitrogen and oxygen atoms in total.